The third kappa shape index (κ3) is 4.62. The zero-order chi connectivity index (χ0) is 22.4. The van der Waals surface area contributed by atoms with Crippen LogP contribution in [0, 0.1) is 0 Å². The van der Waals surface area contributed by atoms with Gasteiger partial charge in [0.2, 0.25) is 6.79 Å². The zero-order valence-corrected chi connectivity index (χ0v) is 17.2. The van der Waals surface area contributed by atoms with Crippen molar-refractivity contribution in [3.63, 3.8) is 0 Å². The van der Waals surface area contributed by atoms with Crippen molar-refractivity contribution in [2.24, 2.45) is 5.73 Å². The lowest BCUT2D eigenvalue weighted by Gasteiger charge is -2.10. The summed E-state index contributed by atoms with van der Waals surface area (Å²) in [6.07, 6.45) is 2.18. The first-order chi connectivity index (χ1) is 15.1. The van der Waals surface area contributed by atoms with Crippen LogP contribution < -0.4 is 24.7 Å². The molecular formula is C22H24NO8+. The molecule has 9 heteroatoms. The van der Waals surface area contributed by atoms with Crippen molar-refractivity contribution in [1.29, 1.82) is 0 Å². The van der Waals surface area contributed by atoms with Crippen LogP contribution in [0.4, 0.5) is 0 Å². The first-order valence-corrected chi connectivity index (χ1v) is 9.45. The van der Waals surface area contributed by atoms with Gasteiger partial charge in [0.05, 0.1) is 18.7 Å². The second-order valence-corrected chi connectivity index (χ2v) is 6.43. The number of fused-ring (bicyclic) bond motifs is 2. The average Bonchev–Trinajstić information content (AvgIpc) is 3.25. The van der Waals surface area contributed by atoms with E-state index in [9.17, 15) is 4.79 Å². The number of carbonyl (C=O) groups is 1. The van der Waals surface area contributed by atoms with E-state index in [1.807, 2.05) is 24.3 Å². The Kier molecular flexibility index (Phi) is 7.11. The Hall–Kier alpha value is -3.56. The molecule has 0 saturated heterocycles. The van der Waals surface area contributed by atoms with E-state index >= 15 is 0 Å². The molecule has 0 bridgehead atoms. The fraction of sp³-hybridized carbons (Fsp3) is 0.273. The summed E-state index contributed by atoms with van der Waals surface area (Å²) in [5, 5.41) is 17.4. The number of nitrogens with two attached hydrogens (primary N) is 1. The molecule has 2 aromatic carbocycles. The van der Waals surface area contributed by atoms with Crippen molar-refractivity contribution in [3.8, 4) is 34.3 Å². The molecule has 0 fully saturated rings. The first kappa shape index (κ1) is 22.1. The minimum atomic E-state index is -1.08. The highest BCUT2D eigenvalue weighted by atomic mass is 16.7. The third-order valence-corrected chi connectivity index (χ3v) is 4.62. The van der Waals surface area contributed by atoms with Gasteiger partial charge in [-0.15, -0.1) is 0 Å². The second-order valence-electron chi connectivity index (χ2n) is 6.43. The molecular weight excluding hydrogens is 406 g/mol. The van der Waals surface area contributed by atoms with E-state index < -0.39 is 12.6 Å². The van der Waals surface area contributed by atoms with Gasteiger partial charge in [-0.2, -0.15) is 0 Å². The van der Waals surface area contributed by atoms with E-state index in [-0.39, 0.29) is 6.79 Å². The summed E-state index contributed by atoms with van der Waals surface area (Å²) in [7, 11) is 2.49. The van der Waals surface area contributed by atoms with Crippen LogP contribution in [0.3, 0.4) is 0 Å². The van der Waals surface area contributed by atoms with Crippen LogP contribution in [0.1, 0.15) is 5.56 Å². The largest absolute Gasteiger partial charge is 0.493 e. The van der Waals surface area contributed by atoms with Crippen LogP contribution >= 0.6 is 0 Å². The molecule has 4 rings (SSSR count). The van der Waals surface area contributed by atoms with E-state index in [0.717, 1.165) is 23.6 Å². The standard InChI is InChI=1S/C21H19NO7.CH4O/c1-25-16-3-2-12-6-17(26-9-15(12)21(16)27-10-20(23)24)14-8-19-18(28-11-29-19)7-13(14)4-5-22;1-2/h2-3,6-9H,4-5,10-11,22H2,1H3;2H,1H3/p+1. The SMILES string of the molecule is CO.COc1ccc2cc(-c3cc4c(cc3CCN)OCO4)[o+]cc2c1OCC(=O)O. The Balaban J connectivity index is 0.00000132. The van der Waals surface area contributed by atoms with Crippen molar-refractivity contribution in [2.45, 2.75) is 6.42 Å². The van der Waals surface area contributed by atoms with Gasteiger partial charge in [0.15, 0.2) is 29.6 Å². The molecule has 0 unspecified atom stereocenters. The smallest absolute Gasteiger partial charge is 0.360 e. The van der Waals surface area contributed by atoms with E-state index in [1.165, 1.54) is 13.4 Å². The highest BCUT2D eigenvalue weighted by Crippen LogP contribution is 2.41. The van der Waals surface area contributed by atoms with Crippen molar-refractivity contribution < 1.29 is 38.4 Å². The number of hydrogen-bond donors (Lipinski definition) is 3. The van der Waals surface area contributed by atoms with Crippen LogP contribution in [-0.2, 0) is 11.2 Å². The summed E-state index contributed by atoms with van der Waals surface area (Å²) >= 11 is 0. The number of aliphatic hydroxyl groups excluding tert-OH is 1. The fourth-order valence-electron chi connectivity index (χ4n) is 3.30. The van der Waals surface area contributed by atoms with E-state index in [1.54, 1.807) is 6.07 Å². The number of hydrogen-bond acceptors (Lipinski definition) is 7. The van der Waals surface area contributed by atoms with Crippen LogP contribution in [0.25, 0.3) is 22.1 Å². The van der Waals surface area contributed by atoms with Gasteiger partial charge in [-0.1, -0.05) is 0 Å². The number of methoxy groups -OCH3 is 1. The third-order valence-electron chi connectivity index (χ3n) is 4.62. The molecule has 4 N–H and O–H groups in total. The maximum atomic E-state index is 10.9. The normalized spacial score (nSPS) is 11.6. The van der Waals surface area contributed by atoms with Gasteiger partial charge in [0, 0.05) is 18.6 Å². The van der Waals surface area contributed by atoms with Gasteiger partial charge in [0.1, 0.15) is 5.39 Å². The predicted octanol–water partition coefficient (Wildman–Crippen LogP) is 2.69. The molecule has 1 aliphatic heterocycles. The summed E-state index contributed by atoms with van der Waals surface area (Å²) in [5.74, 6) is 1.62. The van der Waals surface area contributed by atoms with Gasteiger partial charge in [-0.25, -0.2) is 9.21 Å². The zero-order valence-electron chi connectivity index (χ0n) is 17.2. The monoisotopic (exact) mass is 430 g/mol. The van der Waals surface area contributed by atoms with Gasteiger partial charge in [0.25, 0.3) is 0 Å². The number of ether oxygens (including phenoxy) is 4. The van der Waals surface area contributed by atoms with Gasteiger partial charge < -0.3 is 34.9 Å². The summed E-state index contributed by atoms with van der Waals surface area (Å²) in [6.45, 7) is 0.171. The molecule has 164 valence electrons. The Morgan fingerprint density at radius 3 is 2.61 bits per heavy atom. The first-order valence-electron chi connectivity index (χ1n) is 9.45. The van der Waals surface area contributed by atoms with Crippen molar-refractivity contribution >= 4 is 16.7 Å². The number of benzene rings is 2. The molecule has 0 atom stereocenters. The maximum absolute atomic E-state index is 10.9. The number of aliphatic carboxylic acids is 1. The summed E-state index contributed by atoms with van der Waals surface area (Å²) < 4.78 is 27.6. The van der Waals surface area contributed by atoms with E-state index in [2.05, 4.69) is 0 Å². The molecule has 1 aliphatic rings. The summed E-state index contributed by atoms with van der Waals surface area (Å²) in [6, 6.07) is 9.24. The Bertz CT molecular complexity index is 1080. The highest BCUT2D eigenvalue weighted by Gasteiger charge is 2.25. The van der Waals surface area contributed by atoms with E-state index in [0.29, 0.717) is 47.1 Å². The van der Waals surface area contributed by atoms with Gasteiger partial charge in [-0.3, -0.25) is 0 Å². The van der Waals surface area contributed by atoms with Gasteiger partial charge >= 0.3 is 18.0 Å². The predicted molar refractivity (Wildman–Crippen MR) is 113 cm³/mol. The average molecular weight is 430 g/mol. The number of carboxylic acid groups (broad SMARTS) is 1. The molecule has 0 amide bonds. The minimum Gasteiger partial charge on any atom is -0.493 e. The maximum Gasteiger partial charge on any atom is 0.360 e. The molecule has 1 aromatic heterocycles. The van der Waals surface area contributed by atoms with Crippen LogP contribution in [-0.4, -0.2) is 50.3 Å². The molecule has 0 spiro atoms. The topological polar surface area (TPSA) is 132 Å². The van der Waals surface area contributed by atoms with Crippen molar-refractivity contribution in [3.05, 3.63) is 42.2 Å². The van der Waals surface area contributed by atoms with Crippen LogP contribution in [0.15, 0.2) is 41.0 Å². The van der Waals surface area contributed by atoms with Crippen molar-refractivity contribution in [1.82, 2.24) is 0 Å². The molecule has 9 nitrogen and oxygen atoms in total. The Labute approximate surface area is 178 Å². The molecule has 2 heterocycles. The quantitative estimate of drug-likeness (QED) is 0.484. The van der Waals surface area contributed by atoms with Crippen LogP contribution in [0.5, 0.6) is 23.0 Å². The van der Waals surface area contributed by atoms with Crippen molar-refractivity contribution in [2.75, 3.05) is 34.2 Å². The van der Waals surface area contributed by atoms with Gasteiger partial charge in [-0.05, 0) is 36.7 Å². The highest BCUT2D eigenvalue weighted by molar-refractivity contribution is 5.92. The molecule has 0 radical (unpaired) electrons. The molecule has 0 aliphatic carbocycles. The Morgan fingerprint density at radius 2 is 1.94 bits per heavy atom. The second kappa shape index (κ2) is 9.96. The lowest BCUT2D eigenvalue weighted by Crippen LogP contribution is -2.10. The van der Waals surface area contributed by atoms with E-state index in [4.69, 9.17) is 39.3 Å². The number of rotatable bonds is 7. The molecule has 0 saturated carbocycles. The fourth-order valence-corrected chi connectivity index (χ4v) is 3.30. The number of aliphatic hydroxyl groups is 1. The molecule has 3 aromatic rings. The summed E-state index contributed by atoms with van der Waals surface area (Å²) in [4.78, 5) is 10.9. The number of carboxylic acids is 1. The molecule has 31 heavy (non-hydrogen) atoms. The van der Waals surface area contributed by atoms with Crippen LogP contribution in [0.2, 0.25) is 0 Å². The minimum absolute atomic E-state index is 0.180. The lowest BCUT2D eigenvalue weighted by atomic mass is 10.00. The summed E-state index contributed by atoms with van der Waals surface area (Å²) in [5.41, 5.74) is 7.61. The Morgan fingerprint density at radius 1 is 1.19 bits per heavy atom. The lowest BCUT2D eigenvalue weighted by molar-refractivity contribution is -0.139.